The van der Waals surface area contributed by atoms with Gasteiger partial charge in [-0.15, -0.1) is 0 Å². The van der Waals surface area contributed by atoms with Crippen molar-refractivity contribution in [2.75, 3.05) is 10.8 Å². The van der Waals surface area contributed by atoms with Crippen molar-refractivity contribution in [1.29, 1.82) is 0 Å². The van der Waals surface area contributed by atoms with Crippen LogP contribution in [0.2, 0.25) is 5.02 Å². The van der Waals surface area contributed by atoms with Gasteiger partial charge in [-0.3, -0.25) is 9.10 Å². The Morgan fingerprint density at radius 1 is 1.08 bits per heavy atom. The van der Waals surface area contributed by atoms with Crippen molar-refractivity contribution in [3.05, 3.63) is 59.1 Å². The van der Waals surface area contributed by atoms with Crippen molar-refractivity contribution in [3.8, 4) is 0 Å². The summed E-state index contributed by atoms with van der Waals surface area (Å²) in [6.45, 7) is 5.79. The number of benzene rings is 2. The monoisotopic (exact) mass is 543 g/mol. The Hall–Kier alpha value is -2.59. The molecule has 36 heavy (non-hydrogen) atoms. The lowest BCUT2D eigenvalue weighted by molar-refractivity contribution is -0.137. The maximum atomic E-state index is 13.5. The zero-order valence-electron chi connectivity index (χ0n) is 20.3. The number of rotatable bonds is 6. The minimum atomic E-state index is -4.81. The van der Waals surface area contributed by atoms with Crippen molar-refractivity contribution < 1.29 is 26.4 Å². The van der Waals surface area contributed by atoms with Crippen LogP contribution in [0.3, 0.4) is 0 Å². The Labute approximate surface area is 214 Å². The molecule has 2 aromatic rings. The lowest BCUT2D eigenvalue weighted by atomic mass is 9.72. The first-order chi connectivity index (χ1) is 16.7. The standard InChI is InChI=1S/C25H29ClF3N3O3S/c1-24(2,3)17-9-11-18(12-10-17)30-31-23(33)16-32(36(34,35)20-7-5-4-6-8-20)19-13-14-22(26)21(15-19)25(27,28)29/h4-8,13-15,17H,9-12,16H2,1-3H3,(H,31,33). The van der Waals surface area contributed by atoms with Crippen LogP contribution < -0.4 is 9.73 Å². The van der Waals surface area contributed by atoms with E-state index in [1.807, 2.05) is 0 Å². The summed E-state index contributed by atoms with van der Waals surface area (Å²) in [7, 11) is -4.38. The highest BCUT2D eigenvalue weighted by molar-refractivity contribution is 7.92. The highest BCUT2D eigenvalue weighted by Gasteiger charge is 2.35. The molecule has 0 saturated heterocycles. The fraction of sp³-hybridized carbons (Fsp3) is 0.440. The second-order valence-corrected chi connectivity index (χ2v) is 12.1. The maximum absolute atomic E-state index is 13.5. The fourth-order valence-corrected chi connectivity index (χ4v) is 5.81. The average Bonchev–Trinajstić information content (AvgIpc) is 2.81. The van der Waals surface area contributed by atoms with Crippen LogP contribution in [0.15, 0.2) is 58.5 Å². The smallest absolute Gasteiger partial charge is 0.271 e. The quantitative estimate of drug-likeness (QED) is 0.437. The van der Waals surface area contributed by atoms with Gasteiger partial charge < -0.3 is 0 Å². The van der Waals surface area contributed by atoms with E-state index in [0.29, 0.717) is 29.1 Å². The molecule has 0 radical (unpaired) electrons. The van der Waals surface area contributed by atoms with Gasteiger partial charge >= 0.3 is 6.18 Å². The minimum Gasteiger partial charge on any atom is -0.271 e. The number of halogens is 4. The van der Waals surface area contributed by atoms with Crippen LogP contribution in [0.25, 0.3) is 0 Å². The van der Waals surface area contributed by atoms with Crippen LogP contribution in [-0.2, 0) is 21.0 Å². The molecule has 0 atom stereocenters. The molecule has 0 bridgehead atoms. The summed E-state index contributed by atoms with van der Waals surface area (Å²) in [5.41, 5.74) is 1.81. The number of sulfonamides is 1. The Morgan fingerprint density at radius 3 is 2.25 bits per heavy atom. The predicted octanol–water partition coefficient (Wildman–Crippen LogP) is 6.26. The number of hydrogen-bond acceptors (Lipinski definition) is 4. The number of nitrogens with zero attached hydrogens (tertiary/aromatic N) is 2. The molecule has 196 valence electrons. The molecular formula is C25H29ClF3N3O3S. The third-order valence-electron chi connectivity index (χ3n) is 6.29. The third kappa shape index (κ3) is 6.79. The Bertz CT molecular complexity index is 1220. The number of nitrogens with one attached hydrogen (secondary N) is 1. The highest BCUT2D eigenvalue weighted by Crippen LogP contribution is 2.38. The van der Waals surface area contributed by atoms with Crippen molar-refractivity contribution in [2.24, 2.45) is 16.4 Å². The first kappa shape index (κ1) is 28.0. The van der Waals surface area contributed by atoms with E-state index in [-0.39, 0.29) is 16.0 Å². The minimum absolute atomic E-state index is 0.173. The molecule has 3 rings (SSSR count). The number of hydrogen-bond donors (Lipinski definition) is 1. The largest absolute Gasteiger partial charge is 0.417 e. The van der Waals surface area contributed by atoms with Gasteiger partial charge in [0.05, 0.1) is 21.2 Å². The molecule has 0 spiro atoms. The molecule has 1 N–H and O–H groups in total. The van der Waals surface area contributed by atoms with Gasteiger partial charge in [0, 0.05) is 5.71 Å². The molecule has 11 heteroatoms. The normalized spacial score (nSPS) is 17.0. The van der Waals surface area contributed by atoms with Crippen LogP contribution in [-0.4, -0.2) is 26.6 Å². The molecule has 1 fully saturated rings. The molecule has 1 aliphatic carbocycles. The van der Waals surface area contributed by atoms with E-state index in [9.17, 15) is 26.4 Å². The molecule has 0 heterocycles. The highest BCUT2D eigenvalue weighted by atomic mass is 35.5. The average molecular weight is 544 g/mol. The number of alkyl halides is 3. The van der Waals surface area contributed by atoms with Gasteiger partial charge in [-0.25, -0.2) is 13.8 Å². The Kier molecular flexibility index (Phi) is 8.40. The second-order valence-electron chi connectivity index (χ2n) is 9.84. The summed E-state index contributed by atoms with van der Waals surface area (Å²) >= 11 is 5.71. The third-order valence-corrected chi connectivity index (χ3v) is 8.41. The first-order valence-electron chi connectivity index (χ1n) is 11.5. The SMILES string of the molecule is CC(C)(C)C1CCC(=NNC(=O)CN(c2ccc(Cl)c(C(F)(F)F)c2)S(=O)(=O)c2ccccc2)CC1. The molecule has 2 aromatic carbocycles. The van der Waals surface area contributed by atoms with Gasteiger partial charge in [0.15, 0.2) is 0 Å². The lowest BCUT2D eigenvalue weighted by Gasteiger charge is -2.34. The second kappa shape index (κ2) is 10.8. The van der Waals surface area contributed by atoms with Crippen LogP contribution in [0.5, 0.6) is 0 Å². The molecule has 0 unspecified atom stereocenters. The summed E-state index contributed by atoms with van der Waals surface area (Å²) in [5.74, 6) is -0.241. The van der Waals surface area contributed by atoms with E-state index >= 15 is 0 Å². The summed E-state index contributed by atoms with van der Waals surface area (Å²) in [6.07, 6.45) is -1.54. The van der Waals surface area contributed by atoms with Gasteiger partial charge in [-0.2, -0.15) is 18.3 Å². The topological polar surface area (TPSA) is 78.8 Å². The first-order valence-corrected chi connectivity index (χ1v) is 13.3. The Morgan fingerprint density at radius 2 is 1.69 bits per heavy atom. The van der Waals surface area contributed by atoms with Crippen LogP contribution in [0.1, 0.15) is 52.0 Å². The van der Waals surface area contributed by atoms with E-state index in [1.165, 1.54) is 24.3 Å². The van der Waals surface area contributed by atoms with Gasteiger partial charge in [-0.05, 0) is 67.3 Å². The van der Waals surface area contributed by atoms with Gasteiger partial charge in [0.1, 0.15) is 6.54 Å². The maximum Gasteiger partial charge on any atom is 0.417 e. The molecule has 0 aromatic heterocycles. The molecule has 6 nitrogen and oxygen atoms in total. The van der Waals surface area contributed by atoms with E-state index in [1.54, 1.807) is 6.07 Å². The van der Waals surface area contributed by atoms with Crippen molar-refractivity contribution in [2.45, 2.75) is 57.5 Å². The number of amides is 1. The fourth-order valence-electron chi connectivity index (χ4n) is 4.16. The van der Waals surface area contributed by atoms with Crippen LogP contribution >= 0.6 is 11.6 Å². The van der Waals surface area contributed by atoms with Crippen molar-refractivity contribution >= 4 is 38.9 Å². The number of anilines is 1. The summed E-state index contributed by atoms with van der Waals surface area (Å²) in [4.78, 5) is 12.6. The van der Waals surface area contributed by atoms with Gasteiger partial charge in [0.25, 0.3) is 15.9 Å². The van der Waals surface area contributed by atoms with E-state index in [2.05, 4.69) is 31.3 Å². The number of carbonyl (C=O) groups excluding carboxylic acids is 1. The summed E-state index contributed by atoms with van der Waals surface area (Å²) in [6, 6.07) is 9.87. The van der Waals surface area contributed by atoms with Crippen LogP contribution in [0.4, 0.5) is 18.9 Å². The van der Waals surface area contributed by atoms with Crippen molar-refractivity contribution in [3.63, 3.8) is 0 Å². The van der Waals surface area contributed by atoms with Gasteiger partial charge in [0.2, 0.25) is 0 Å². The molecule has 1 aliphatic rings. The predicted molar refractivity (Wildman–Crippen MR) is 134 cm³/mol. The van der Waals surface area contributed by atoms with E-state index in [0.717, 1.165) is 30.7 Å². The number of carbonyl (C=O) groups is 1. The van der Waals surface area contributed by atoms with Gasteiger partial charge in [-0.1, -0.05) is 50.6 Å². The molecule has 1 saturated carbocycles. The Balaban J connectivity index is 1.86. The van der Waals surface area contributed by atoms with E-state index in [4.69, 9.17) is 11.6 Å². The molecule has 0 aliphatic heterocycles. The zero-order valence-corrected chi connectivity index (χ0v) is 21.8. The zero-order chi connectivity index (χ0) is 26.7. The number of hydrazone groups is 1. The van der Waals surface area contributed by atoms with Crippen molar-refractivity contribution in [1.82, 2.24) is 5.43 Å². The summed E-state index contributed by atoms with van der Waals surface area (Å²) in [5, 5.41) is 3.59. The molecule has 1 amide bonds. The van der Waals surface area contributed by atoms with E-state index < -0.39 is 39.2 Å². The molecular weight excluding hydrogens is 515 g/mol. The lowest BCUT2D eigenvalue weighted by Crippen LogP contribution is -2.40. The summed E-state index contributed by atoms with van der Waals surface area (Å²) < 4.78 is 67.7. The van der Waals surface area contributed by atoms with Crippen LogP contribution in [0, 0.1) is 11.3 Å².